The molecule has 0 aliphatic carbocycles. The first-order chi connectivity index (χ1) is 10.1. The molecule has 0 bridgehead atoms. The van der Waals surface area contributed by atoms with Gasteiger partial charge in [0.05, 0.1) is 13.2 Å². The van der Waals surface area contributed by atoms with Crippen LogP contribution in [0, 0.1) is 5.82 Å². The summed E-state index contributed by atoms with van der Waals surface area (Å²) in [5.41, 5.74) is 8.85. The van der Waals surface area contributed by atoms with Gasteiger partial charge in [-0.05, 0) is 29.5 Å². The molecule has 0 spiro atoms. The molecule has 2 unspecified atom stereocenters. The van der Waals surface area contributed by atoms with Crippen LogP contribution in [-0.2, 0) is 0 Å². The molecule has 0 heterocycles. The molecule has 2 aromatic rings. The Morgan fingerprint density at radius 2 is 1.71 bits per heavy atom. The quantitative estimate of drug-likeness (QED) is 0.884. The minimum atomic E-state index is -0.470. The zero-order valence-corrected chi connectivity index (χ0v) is 12.8. The molecule has 0 aliphatic heterocycles. The maximum atomic E-state index is 14.1. The fourth-order valence-electron chi connectivity index (χ4n) is 2.33. The summed E-state index contributed by atoms with van der Waals surface area (Å²) in [6, 6.07) is 12.4. The molecule has 2 aromatic carbocycles. The van der Waals surface area contributed by atoms with Gasteiger partial charge in [-0.2, -0.15) is 0 Å². The molecule has 21 heavy (non-hydrogen) atoms. The van der Waals surface area contributed by atoms with Crippen LogP contribution in [-0.4, -0.2) is 7.11 Å². The second-order valence-corrected chi connectivity index (χ2v) is 5.34. The van der Waals surface area contributed by atoms with Crippen LogP contribution >= 0.6 is 0 Å². The first-order valence-electron chi connectivity index (χ1n) is 7.25. The monoisotopic (exact) mass is 287 g/mol. The number of benzene rings is 2. The van der Waals surface area contributed by atoms with Gasteiger partial charge >= 0.3 is 0 Å². The van der Waals surface area contributed by atoms with E-state index in [1.54, 1.807) is 12.1 Å². The van der Waals surface area contributed by atoms with Crippen molar-refractivity contribution in [2.75, 3.05) is 7.11 Å². The van der Waals surface area contributed by atoms with Crippen molar-refractivity contribution in [1.29, 1.82) is 0 Å². The van der Waals surface area contributed by atoms with Crippen molar-refractivity contribution in [2.24, 2.45) is 5.73 Å². The molecule has 0 amide bonds. The zero-order chi connectivity index (χ0) is 15.4. The highest BCUT2D eigenvalue weighted by molar-refractivity contribution is 5.37. The average molecular weight is 287 g/mol. The second kappa shape index (κ2) is 6.72. The highest BCUT2D eigenvalue weighted by atomic mass is 19.1. The Balaban J connectivity index is 2.25. The number of hydrogen-bond donors (Lipinski definition) is 1. The number of nitrogens with two attached hydrogens (primary N) is 1. The van der Waals surface area contributed by atoms with Crippen molar-refractivity contribution in [3.63, 3.8) is 0 Å². The van der Waals surface area contributed by atoms with Gasteiger partial charge in [-0.1, -0.05) is 44.2 Å². The van der Waals surface area contributed by atoms with Crippen LogP contribution in [0.3, 0.4) is 0 Å². The van der Waals surface area contributed by atoms with E-state index >= 15 is 0 Å². The van der Waals surface area contributed by atoms with E-state index in [9.17, 15) is 4.39 Å². The van der Waals surface area contributed by atoms with Crippen LogP contribution in [0.1, 0.15) is 48.9 Å². The Morgan fingerprint density at radius 1 is 1.10 bits per heavy atom. The van der Waals surface area contributed by atoms with Gasteiger partial charge in [0.15, 0.2) is 0 Å². The normalized spacial score (nSPS) is 13.8. The maximum absolute atomic E-state index is 14.1. The fraction of sp³-hybridized carbons (Fsp3) is 0.333. The highest BCUT2D eigenvalue weighted by Gasteiger charge is 2.14. The molecule has 3 heteroatoms. The lowest BCUT2D eigenvalue weighted by atomic mass is 9.94. The van der Waals surface area contributed by atoms with Crippen LogP contribution < -0.4 is 10.5 Å². The van der Waals surface area contributed by atoms with E-state index in [-0.39, 0.29) is 5.82 Å². The first-order valence-corrected chi connectivity index (χ1v) is 7.25. The summed E-state index contributed by atoms with van der Waals surface area (Å²) in [6.07, 6.45) is 1.10. The van der Waals surface area contributed by atoms with Gasteiger partial charge in [0.25, 0.3) is 0 Å². The van der Waals surface area contributed by atoms with E-state index in [0.29, 0.717) is 17.2 Å². The third-order valence-corrected chi connectivity index (χ3v) is 4.02. The topological polar surface area (TPSA) is 35.2 Å². The summed E-state index contributed by atoms with van der Waals surface area (Å²) < 4.78 is 19.1. The maximum Gasteiger partial charge on any atom is 0.132 e. The van der Waals surface area contributed by atoms with Crippen LogP contribution in [0.4, 0.5) is 4.39 Å². The van der Waals surface area contributed by atoms with E-state index in [2.05, 4.69) is 26.0 Å². The summed E-state index contributed by atoms with van der Waals surface area (Å²) in [6.45, 7) is 4.36. The minimum absolute atomic E-state index is 0.340. The van der Waals surface area contributed by atoms with Gasteiger partial charge in [-0.3, -0.25) is 0 Å². The summed E-state index contributed by atoms with van der Waals surface area (Å²) in [5.74, 6) is 0.677. The standard InChI is InChI=1S/C18H22FNO/c1-4-12(2)13-5-7-14(8-6-13)18(20)16-10-9-15(21-3)11-17(16)19/h5-12,18H,4,20H2,1-3H3. The van der Waals surface area contributed by atoms with Crippen molar-refractivity contribution in [2.45, 2.75) is 32.2 Å². The summed E-state index contributed by atoms with van der Waals surface area (Å²) in [5, 5.41) is 0. The number of methoxy groups -OCH3 is 1. The molecule has 2 nitrogen and oxygen atoms in total. The predicted octanol–water partition coefficient (Wildman–Crippen LogP) is 4.40. The van der Waals surface area contributed by atoms with Crippen molar-refractivity contribution in [3.05, 3.63) is 65.0 Å². The number of rotatable bonds is 5. The second-order valence-electron chi connectivity index (χ2n) is 5.34. The van der Waals surface area contributed by atoms with Crippen molar-refractivity contribution >= 4 is 0 Å². The molecule has 112 valence electrons. The molecular formula is C18H22FNO. The smallest absolute Gasteiger partial charge is 0.132 e. The lowest BCUT2D eigenvalue weighted by Gasteiger charge is -2.16. The lowest BCUT2D eigenvalue weighted by Crippen LogP contribution is -2.13. The molecule has 2 rings (SSSR count). The molecule has 0 aliphatic rings. The summed E-state index contributed by atoms with van der Waals surface area (Å²) in [7, 11) is 1.52. The molecule has 0 saturated carbocycles. The SMILES string of the molecule is CCC(C)c1ccc(C(N)c2ccc(OC)cc2F)cc1. The first kappa shape index (κ1) is 15.5. The Hall–Kier alpha value is -1.87. The van der Waals surface area contributed by atoms with E-state index in [1.165, 1.54) is 18.7 Å². The largest absolute Gasteiger partial charge is 0.497 e. The Bertz CT molecular complexity index is 595. The number of halogens is 1. The third kappa shape index (κ3) is 3.42. The Morgan fingerprint density at radius 3 is 2.24 bits per heavy atom. The van der Waals surface area contributed by atoms with Gasteiger partial charge < -0.3 is 10.5 Å². The summed E-state index contributed by atoms with van der Waals surface area (Å²) >= 11 is 0. The molecule has 0 aromatic heterocycles. The predicted molar refractivity (Wildman–Crippen MR) is 84.1 cm³/mol. The average Bonchev–Trinajstić information content (AvgIpc) is 2.53. The van der Waals surface area contributed by atoms with E-state index in [0.717, 1.165) is 12.0 Å². The summed E-state index contributed by atoms with van der Waals surface area (Å²) in [4.78, 5) is 0. The minimum Gasteiger partial charge on any atom is -0.497 e. The van der Waals surface area contributed by atoms with Gasteiger partial charge in [0, 0.05) is 11.6 Å². The van der Waals surface area contributed by atoms with Gasteiger partial charge in [0.2, 0.25) is 0 Å². The van der Waals surface area contributed by atoms with Crippen molar-refractivity contribution in [1.82, 2.24) is 0 Å². The van der Waals surface area contributed by atoms with Crippen molar-refractivity contribution < 1.29 is 9.13 Å². The number of hydrogen-bond acceptors (Lipinski definition) is 2. The van der Waals surface area contributed by atoms with E-state index < -0.39 is 6.04 Å². The lowest BCUT2D eigenvalue weighted by molar-refractivity contribution is 0.410. The fourth-order valence-corrected chi connectivity index (χ4v) is 2.33. The van der Waals surface area contributed by atoms with Crippen LogP contribution in [0.15, 0.2) is 42.5 Å². The van der Waals surface area contributed by atoms with Gasteiger partial charge in [-0.25, -0.2) is 4.39 Å². The molecule has 0 radical (unpaired) electrons. The third-order valence-electron chi connectivity index (χ3n) is 4.02. The molecule has 0 saturated heterocycles. The van der Waals surface area contributed by atoms with Crippen LogP contribution in [0.25, 0.3) is 0 Å². The van der Waals surface area contributed by atoms with E-state index in [4.69, 9.17) is 10.5 Å². The van der Waals surface area contributed by atoms with Crippen LogP contribution in [0.5, 0.6) is 5.75 Å². The number of ether oxygens (including phenoxy) is 1. The highest BCUT2D eigenvalue weighted by Crippen LogP contribution is 2.27. The molecule has 2 atom stereocenters. The molecule has 2 N–H and O–H groups in total. The van der Waals surface area contributed by atoms with Crippen molar-refractivity contribution in [3.8, 4) is 5.75 Å². The molecular weight excluding hydrogens is 265 g/mol. The van der Waals surface area contributed by atoms with Gasteiger partial charge in [0.1, 0.15) is 11.6 Å². The van der Waals surface area contributed by atoms with Crippen LogP contribution in [0.2, 0.25) is 0 Å². The zero-order valence-electron chi connectivity index (χ0n) is 12.8. The van der Waals surface area contributed by atoms with E-state index in [1.807, 2.05) is 12.1 Å². The van der Waals surface area contributed by atoms with Gasteiger partial charge in [-0.15, -0.1) is 0 Å². The molecule has 0 fully saturated rings. The Labute approximate surface area is 125 Å². The Kier molecular flexibility index (Phi) is 4.97.